The summed E-state index contributed by atoms with van der Waals surface area (Å²) in [7, 11) is 0. The van der Waals surface area contributed by atoms with Gasteiger partial charge in [0.25, 0.3) is 5.91 Å². The average Bonchev–Trinajstić information content (AvgIpc) is 2.54. The monoisotopic (exact) mass is 453 g/mol. The number of hydrogen-bond acceptors (Lipinski definition) is 4. The Labute approximate surface area is 158 Å². The van der Waals surface area contributed by atoms with Crippen LogP contribution >= 0.6 is 22.6 Å². The number of aliphatic carboxylic acids is 1. The van der Waals surface area contributed by atoms with Gasteiger partial charge in [-0.3, -0.25) is 9.59 Å². The molecular formula is C18H16INO5. The summed E-state index contributed by atoms with van der Waals surface area (Å²) in [6.45, 7) is 1.28. The summed E-state index contributed by atoms with van der Waals surface area (Å²) in [4.78, 5) is 34.6. The van der Waals surface area contributed by atoms with E-state index in [0.717, 1.165) is 9.13 Å². The summed E-state index contributed by atoms with van der Waals surface area (Å²) in [5, 5.41) is 11.9. The summed E-state index contributed by atoms with van der Waals surface area (Å²) in [6.07, 6.45) is 0.184. The van der Waals surface area contributed by atoms with Crippen LogP contribution in [0.3, 0.4) is 0 Å². The van der Waals surface area contributed by atoms with Crippen LogP contribution in [-0.2, 0) is 16.0 Å². The Morgan fingerprint density at radius 3 is 2.40 bits per heavy atom. The molecule has 2 aromatic rings. The highest BCUT2D eigenvalue weighted by Crippen LogP contribution is 2.14. The van der Waals surface area contributed by atoms with E-state index < -0.39 is 23.9 Å². The van der Waals surface area contributed by atoms with E-state index in [-0.39, 0.29) is 12.0 Å². The van der Waals surface area contributed by atoms with E-state index in [9.17, 15) is 19.5 Å². The topological polar surface area (TPSA) is 92.7 Å². The number of rotatable bonds is 6. The first-order valence-corrected chi connectivity index (χ1v) is 8.49. The number of nitrogens with one attached hydrogen (secondary N) is 1. The highest BCUT2D eigenvalue weighted by atomic mass is 127. The fourth-order valence-corrected chi connectivity index (χ4v) is 2.79. The number of carbonyl (C=O) groups excluding carboxylic acids is 2. The molecule has 2 aromatic carbocycles. The van der Waals surface area contributed by atoms with Crippen molar-refractivity contribution in [3.8, 4) is 5.75 Å². The molecule has 2 N–H and O–H groups in total. The summed E-state index contributed by atoms with van der Waals surface area (Å²) < 4.78 is 5.89. The first kappa shape index (κ1) is 18.9. The van der Waals surface area contributed by atoms with Crippen molar-refractivity contribution in [2.75, 3.05) is 0 Å². The molecule has 0 fully saturated rings. The molecule has 130 valence electrons. The molecule has 1 amide bonds. The van der Waals surface area contributed by atoms with E-state index in [1.165, 1.54) is 31.2 Å². The van der Waals surface area contributed by atoms with Crippen LogP contribution in [0.15, 0.2) is 48.5 Å². The minimum Gasteiger partial charge on any atom is -0.480 e. The lowest BCUT2D eigenvalue weighted by Crippen LogP contribution is -2.42. The third-order valence-corrected chi connectivity index (χ3v) is 3.98. The van der Waals surface area contributed by atoms with Gasteiger partial charge in [0.05, 0.1) is 0 Å². The van der Waals surface area contributed by atoms with Gasteiger partial charge in [-0.05, 0) is 64.6 Å². The van der Waals surface area contributed by atoms with Crippen molar-refractivity contribution in [1.82, 2.24) is 5.32 Å². The molecule has 0 spiro atoms. The fraction of sp³-hybridized carbons (Fsp3) is 0.167. The lowest BCUT2D eigenvalue weighted by atomic mass is 10.1. The van der Waals surface area contributed by atoms with E-state index in [0.29, 0.717) is 5.75 Å². The second-order valence-electron chi connectivity index (χ2n) is 5.32. The van der Waals surface area contributed by atoms with Gasteiger partial charge in [0.15, 0.2) is 0 Å². The lowest BCUT2D eigenvalue weighted by Gasteiger charge is -2.15. The molecule has 0 saturated heterocycles. The number of carboxylic acids is 1. The van der Waals surface area contributed by atoms with Crippen molar-refractivity contribution in [3.05, 3.63) is 63.2 Å². The third-order valence-electron chi connectivity index (χ3n) is 3.31. The van der Waals surface area contributed by atoms with Crippen LogP contribution in [-0.4, -0.2) is 29.0 Å². The maximum Gasteiger partial charge on any atom is 0.326 e. The van der Waals surface area contributed by atoms with Gasteiger partial charge in [0, 0.05) is 22.5 Å². The smallest absolute Gasteiger partial charge is 0.326 e. The summed E-state index contributed by atoms with van der Waals surface area (Å²) in [5.41, 5.74) is 1.11. The number of carbonyl (C=O) groups is 3. The molecular weight excluding hydrogens is 437 g/mol. The molecule has 25 heavy (non-hydrogen) atoms. The van der Waals surface area contributed by atoms with Crippen LogP contribution in [0.4, 0.5) is 0 Å². The molecule has 0 heterocycles. The standard InChI is InChI=1S/C18H16INO5/c1-11(21)25-15-7-5-13(6-8-15)17(22)20-16(18(23)24)10-12-3-2-4-14(19)9-12/h2-9,16H,10H2,1H3,(H,20,22)(H,23,24)/t16-/m0/s1. The van der Waals surface area contributed by atoms with Gasteiger partial charge in [-0.25, -0.2) is 4.79 Å². The molecule has 0 bridgehead atoms. The van der Waals surface area contributed by atoms with Crippen LogP contribution in [0.1, 0.15) is 22.8 Å². The molecule has 0 aromatic heterocycles. The quantitative estimate of drug-likeness (QED) is 0.399. The van der Waals surface area contributed by atoms with Crippen LogP contribution in [0, 0.1) is 3.57 Å². The molecule has 2 rings (SSSR count). The van der Waals surface area contributed by atoms with Gasteiger partial charge in [0.1, 0.15) is 11.8 Å². The van der Waals surface area contributed by atoms with Gasteiger partial charge < -0.3 is 15.2 Å². The number of ether oxygens (including phenoxy) is 1. The maximum absolute atomic E-state index is 12.3. The summed E-state index contributed by atoms with van der Waals surface area (Å²) in [6, 6.07) is 12.3. The molecule has 0 aliphatic heterocycles. The SMILES string of the molecule is CC(=O)Oc1ccc(C(=O)N[C@@H](Cc2cccc(I)c2)C(=O)O)cc1. The van der Waals surface area contributed by atoms with E-state index in [4.69, 9.17) is 4.74 Å². The van der Waals surface area contributed by atoms with Crippen LogP contribution in [0.5, 0.6) is 5.75 Å². The molecule has 0 radical (unpaired) electrons. The maximum atomic E-state index is 12.3. The first-order valence-electron chi connectivity index (χ1n) is 7.42. The Morgan fingerprint density at radius 1 is 1.16 bits per heavy atom. The zero-order valence-electron chi connectivity index (χ0n) is 13.4. The lowest BCUT2D eigenvalue weighted by molar-refractivity contribution is -0.139. The number of carboxylic acid groups (broad SMARTS) is 1. The Hall–Kier alpha value is -2.42. The van der Waals surface area contributed by atoms with Crippen molar-refractivity contribution in [2.24, 2.45) is 0 Å². The van der Waals surface area contributed by atoms with E-state index in [2.05, 4.69) is 27.9 Å². The van der Waals surface area contributed by atoms with Crippen molar-refractivity contribution < 1.29 is 24.2 Å². The zero-order valence-corrected chi connectivity index (χ0v) is 15.5. The highest BCUT2D eigenvalue weighted by Gasteiger charge is 2.21. The molecule has 1 atom stereocenters. The molecule has 7 heteroatoms. The van der Waals surface area contributed by atoms with Gasteiger partial charge >= 0.3 is 11.9 Å². The van der Waals surface area contributed by atoms with E-state index >= 15 is 0 Å². The fourth-order valence-electron chi connectivity index (χ4n) is 2.18. The Morgan fingerprint density at radius 2 is 1.84 bits per heavy atom. The van der Waals surface area contributed by atoms with Crippen molar-refractivity contribution >= 4 is 40.4 Å². The molecule has 6 nitrogen and oxygen atoms in total. The summed E-state index contributed by atoms with van der Waals surface area (Å²) >= 11 is 2.14. The van der Waals surface area contributed by atoms with Gasteiger partial charge in [0.2, 0.25) is 0 Å². The third kappa shape index (κ3) is 5.86. The van der Waals surface area contributed by atoms with Gasteiger partial charge in [-0.1, -0.05) is 12.1 Å². The Balaban J connectivity index is 2.07. The predicted molar refractivity (Wildman–Crippen MR) is 99.5 cm³/mol. The first-order chi connectivity index (χ1) is 11.8. The number of amides is 1. The number of halogens is 1. The second kappa shape index (κ2) is 8.61. The van der Waals surface area contributed by atoms with Crippen molar-refractivity contribution in [1.29, 1.82) is 0 Å². The molecule has 0 saturated carbocycles. The number of esters is 1. The second-order valence-corrected chi connectivity index (χ2v) is 6.56. The predicted octanol–water partition coefficient (Wildman–Crippen LogP) is 2.64. The zero-order chi connectivity index (χ0) is 18.4. The van der Waals surface area contributed by atoms with E-state index in [1.54, 1.807) is 0 Å². The number of hydrogen-bond donors (Lipinski definition) is 2. The largest absolute Gasteiger partial charge is 0.480 e. The van der Waals surface area contributed by atoms with Crippen LogP contribution in [0.2, 0.25) is 0 Å². The Bertz CT molecular complexity index is 788. The van der Waals surface area contributed by atoms with Crippen molar-refractivity contribution in [3.63, 3.8) is 0 Å². The average molecular weight is 453 g/mol. The van der Waals surface area contributed by atoms with Crippen molar-refractivity contribution in [2.45, 2.75) is 19.4 Å². The Kier molecular flexibility index (Phi) is 6.51. The van der Waals surface area contributed by atoms with E-state index in [1.807, 2.05) is 24.3 Å². The van der Waals surface area contributed by atoms with Crippen LogP contribution in [0.25, 0.3) is 0 Å². The minimum absolute atomic E-state index is 0.184. The minimum atomic E-state index is -1.11. The van der Waals surface area contributed by atoms with Gasteiger partial charge in [-0.2, -0.15) is 0 Å². The molecule has 0 aliphatic rings. The summed E-state index contributed by atoms with van der Waals surface area (Å²) in [5.74, 6) is -1.76. The van der Waals surface area contributed by atoms with Crippen LogP contribution < -0.4 is 10.1 Å². The normalized spacial score (nSPS) is 11.4. The number of benzene rings is 2. The highest BCUT2D eigenvalue weighted by molar-refractivity contribution is 14.1. The van der Waals surface area contributed by atoms with Gasteiger partial charge in [-0.15, -0.1) is 0 Å². The molecule has 0 unspecified atom stereocenters. The molecule has 0 aliphatic carbocycles.